The van der Waals surface area contributed by atoms with E-state index in [1.807, 2.05) is 6.07 Å². The summed E-state index contributed by atoms with van der Waals surface area (Å²) >= 11 is 7.28. The fraction of sp³-hybridized carbons (Fsp3) is 0.533. The highest BCUT2D eigenvalue weighted by atomic mass is 32.2. The molecule has 0 saturated carbocycles. The maximum atomic E-state index is 5.58. The molecule has 0 bridgehead atoms. The smallest absolute Gasteiger partial charge is 0.141 e. The Morgan fingerprint density at radius 2 is 1.56 bits per heavy atom. The van der Waals surface area contributed by atoms with E-state index in [-0.39, 0.29) is 0 Å². The highest BCUT2D eigenvalue weighted by Crippen LogP contribution is 2.22. The van der Waals surface area contributed by atoms with Crippen molar-refractivity contribution in [3.63, 3.8) is 0 Å². The van der Waals surface area contributed by atoms with Crippen LogP contribution in [0.15, 0.2) is 35.2 Å². The Morgan fingerprint density at radius 3 is 2.00 bits per heavy atom. The Labute approximate surface area is 121 Å². The third kappa shape index (κ3) is 5.87. The molecule has 1 nitrogen and oxygen atoms in total. The van der Waals surface area contributed by atoms with Gasteiger partial charge in [-0.25, -0.2) is 0 Å². The van der Waals surface area contributed by atoms with Gasteiger partial charge < -0.3 is 4.90 Å². The van der Waals surface area contributed by atoms with Crippen LogP contribution in [0.1, 0.15) is 27.7 Å². The lowest BCUT2D eigenvalue weighted by Crippen LogP contribution is -2.34. The quantitative estimate of drug-likeness (QED) is 0.570. The second kappa shape index (κ2) is 7.80. The fourth-order valence-corrected chi connectivity index (χ4v) is 2.97. The minimum Gasteiger partial charge on any atom is -0.357 e. The molecule has 1 aromatic carbocycles. The van der Waals surface area contributed by atoms with E-state index in [1.54, 1.807) is 11.8 Å². The zero-order valence-corrected chi connectivity index (χ0v) is 13.4. The van der Waals surface area contributed by atoms with E-state index in [0.717, 1.165) is 17.4 Å². The molecule has 0 radical (unpaired) electrons. The summed E-state index contributed by atoms with van der Waals surface area (Å²) in [5, 5.41) is 0. The van der Waals surface area contributed by atoms with E-state index in [2.05, 4.69) is 56.9 Å². The van der Waals surface area contributed by atoms with E-state index in [4.69, 9.17) is 12.2 Å². The summed E-state index contributed by atoms with van der Waals surface area (Å²) in [6.45, 7) is 11.0. The minimum absolute atomic E-state index is 0.637. The molecule has 3 heteroatoms. The van der Waals surface area contributed by atoms with Crippen LogP contribution < -0.4 is 0 Å². The van der Waals surface area contributed by atoms with Gasteiger partial charge in [0.2, 0.25) is 0 Å². The van der Waals surface area contributed by atoms with Gasteiger partial charge in [-0.2, -0.15) is 0 Å². The second-order valence-electron chi connectivity index (χ2n) is 5.37. The molecule has 100 valence electrons. The third-order valence-electron chi connectivity index (χ3n) is 2.38. The minimum atomic E-state index is 0.637. The molecule has 0 aliphatic carbocycles. The van der Waals surface area contributed by atoms with Crippen LogP contribution in [0.3, 0.4) is 0 Å². The van der Waals surface area contributed by atoms with Crippen LogP contribution in [0, 0.1) is 11.8 Å². The average Bonchev–Trinajstić information content (AvgIpc) is 2.28. The van der Waals surface area contributed by atoms with Gasteiger partial charge in [-0.3, -0.25) is 0 Å². The molecule has 0 aliphatic heterocycles. The molecule has 0 saturated heterocycles. The van der Waals surface area contributed by atoms with Crippen molar-refractivity contribution in [1.29, 1.82) is 0 Å². The Morgan fingerprint density at radius 1 is 1.06 bits per heavy atom. The summed E-state index contributed by atoms with van der Waals surface area (Å²) in [6.07, 6.45) is 0. The van der Waals surface area contributed by atoms with Crippen molar-refractivity contribution >= 4 is 28.3 Å². The van der Waals surface area contributed by atoms with Gasteiger partial charge in [-0.15, -0.1) is 0 Å². The summed E-state index contributed by atoms with van der Waals surface area (Å²) in [6, 6.07) is 10.4. The predicted octanol–water partition coefficient (Wildman–Crippen LogP) is 4.68. The summed E-state index contributed by atoms with van der Waals surface area (Å²) in [7, 11) is 0. The van der Waals surface area contributed by atoms with Gasteiger partial charge in [0, 0.05) is 18.0 Å². The van der Waals surface area contributed by atoms with Gasteiger partial charge in [0.05, 0.1) is 0 Å². The molecule has 0 spiro atoms. The molecular weight excluding hydrogens is 258 g/mol. The van der Waals surface area contributed by atoms with Gasteiger partial charge in [0.25, 0.3) is 0 Å². The van der Waals surface area contributed by atoms with Crippen molar-refractivity contribution in [2.24, 2.45) is 11.8 Å². The Kier molecular flexibility index (Phi) is 6.72. The summed E-state index contributed by atoms with van der Waals surface area (Å²) in [5.74, 6) is 1.27. The molecule has 1 rings (SSSR count). The number of benzene rings is 1. The first kappa shape index (κ1) is 15.5. The van der Waals surface area contributed by atoms with Gasteiger partial charge in [0.15, 0.2) is 0 Å². The first-order valence-electron chi connectivity index (χ1n) is 6.51. The fourth-order valence-electron chi connectivity index (χ4n) is 1.76. The van der Waals surface area contributed by atoms with Crippen molar-refractivity contribution < 1.29 is 0 Å². The maximum Gasteiger partial charge on any atom is 0.141 e. The largest absolute Gasteiger partial charge is 0.357 e. The van der Waals surface area contributed by atoms with Gasteiger partial charge >= 0.3 is 0 Å². The topological polar surface area (TPSA) is 3.24 Å². The van der Waals surface area contributed by atoms with Crippen LogP contribution >= 0.6 is 24.0 Å². The Hall–Kier alpha value is -0.540. The van der Waals surface area contributed by atoms with E-state index in [0.29, 0.717) is 11.8 Å². The van der Waals surface area contributed by atoms with Gasteiger partial charge in [-0.1, -0.05) is 69.9 Å². The number of hydrogen-bond donors (Lipinski definition) is 0. The third-order valence-corrected chi connectivity index (χ3v) is 3.83. The molecule has 0 unspecified atom stereocenters. The standard InChI is InChI=1S/C15H23NS2/c1-12(2)10-16(11-13(3)4)15(17)18-14-8-6-5-7-9-14/h5-9,12-13H,10-11H2,1-4H3. The molecular formula is C15H23NS2. The molecule has 0 aliphatic rings. The lowest BCUT2D eigenvalue weighted by atomic mass is 10.1. The van der Waals surface area contributed by atoms with Crippen LogP contribution in [0.4, 0.5) is 0 Å². The van der Waals surface area contributed by atoms with E-state index >= 15 is 0 Å². The van der Waals surface area contributed by atoms with Crippen LogP contribution in [0.5, 0.6) is 0 Å². The van der Waals surface area contributed by atoms with Crippen molar-refractivity contribution in [3.8, 4) is 0 Å². The van der Waals surface area contributed by atoms with Crippen molar-refractivity contribution in [2.45, 2.75) is 32.6 Å². The van der Waals surface area contributed by atoms with Crippen molar-refractivity contribution in [2.75, 3.05) is 13.1 Å². The summed E-state index contributed by atoms with van der Waals surface area (Å²) in [4.78, 5) is 3.56. The number of hydrogen-bond acceptors (Lipinski definition) is 2. The molecule has 0 aromatic heterocycles. The van der Waals surface area contributed by atoms with Crippen LogP contribution in [-0.2, 0) is 0 Å². The zero-order valence-electron chi connectivity index (χ0n) is 11.7. The molecule has 18 heavy (non-hydrogen) atoms. The molecule has 0 amide bonds. The Bertz CT molecular complexity index is 350. The molecule has 1 aromatic rings. The van der Waals surface area contributed by atoms with Gasteiger partial charge in [0.1, 0.15) is 4.32 Å². The Balaban J connectivity index is 2.64. The summed E-state index contributed by atoms with van der Waals surface area (Å²) < 4.78 is 0.989. The van der Waals surface area contributed by atoms with E-state index in [1.165, 1.54) is 4.90 Å². The average molecular weight is 281 g/mol. The lowest BCUT2D eigenvalue weighted by molar-refractivity contribution is 0.337. The molecule has 0 N–H and O–H groups in total. The first-order valence-corrected chi connectivity index (χ1v) is 7.73. The first-order chi connectivity index (χ1) is 8.49. The second-order valence-corrected chi connectivity index (χ2v) is 7.08. The van der Waals surface area contributed by atoms with Crippen LogP contribution in [-0.4, -0.2) is 22.3 Å². The highest BCUT2D eigenvalue weighted by Gasteiger charge is 2.14. The number of thiocarbonyl (C=S) groups is 1. The van der Waals surface area contributed by atoms with E-state index in [9.17, 15) is 0 Å². The SMILES string of the molecule is CC(C)CN(CC(C)C)C(=S)Sc1ccccc1. The monoisotopic (exact) mass is 281 g/mol. The maximum absolute atomic E-state index is 5.58. The zero-order chi connectivity index (χ0) is 13.5. The molecule has 0 fully saturated rings. The molecule has 0 atom stereocenters. The normalized spacial score (nSPS) is 11.0. The lowest BCUT2D eigenvalue weighted by Gasteiger charge is -2.28. The van der Waals surface area contributed by atoms with E-state index < -0.39 is 0 Å². The number of thioether (sulfide) groups is 1. The van der Waals surface area contributed by atoms with Gasteiger partial charge in [-0.05, 0) is 24.0 Å². The predicted molar refractivity (Wildman–Crippen MR) is 86.1 cm³/mol. The number of rotatable bonds is 5. The van der Waals surface area contributed by atoms with Crippen LogP contribution in [0.25, 0.3) is 0 Å². The van der Waals surface area contributed by atoms with Crippen molar-refractivity contribution in [1.82, 2.24) is 4.90 Å². The molecule has 0 heterocycles. The van der Waals surface area contributed by atoms with Crippen molar-refractivity contribution in [3.05, 3.63) is 30.3 Å². The number of nitrogens with zero attached hydrogens (tertiary/aromatic N) is 1. The summed E-state index contributed by atoms with van der Waals surface area (Å²) in [5.41, 5.74) is 0. The highest BCUT2D eigenvalue weighted by molar-refractivity contribution is 8.22. The van der Waals surface area contributed by atoms with Crippen LogP contribution in [0.2, 0.25) is 0 Å².